The van der Waals surface area contributed by atoms with Crippen molar-refractivity contribution in [2.24, 2.45) is 0 Å². The molecule has 1 aliphatic carbocycles. The SMILES string of the molecule is c1ccc2c(N3CC(N4CCN(C5CCCCC5)CC4)C3)nncc2c1. The van der Waals surface area contributed by atoms with Crippen LogP contribution in [0.5, 0.6) is 0 Å². The molecular formula is C21H29N5. The minimum atomic E-state index is 0.685. The van der Waals surface area contributed by atoms with E-state index < -0.39 is 0 Å². The maximum absolute atomic E-state index is 4.43. The molecule has 5 nitrogen and oxygen atoms in total. The molecule has 5 heteroatoms. The van der Waals surface area contributed by atoms with E-state index in [0.29, 0.717) is 6.04 Å². The maximum Gasteiger partial charge on any atom is 0.159 e. The lowest BCUT2D eigenvalue weighted by atomic mass is 9.93. The van der Waals surface area contributed by atoms with Crippen molar-refractivity contribution in [1.29, 1.82) is 0 Å². The molecule has 2 saturated heterocycles. The summed E-state index contributed by atoms with van der Waals surface area (Å²) in [7, 11) is 0. The van der Waals surface area contributed by atoms with Gasteiger partial charge in [-0.2, -0.15) is 5.10 Å². The predicted octanol–water partition coefficient (Wildman–Crippen LogP) is 2.77. The van der Waals surface area contributed by atoms with Crippen LogP contribution in [0.1, 0.15) is 32.1 Å². The first kappa shape index (κ1) is 16.5. The molecule has 0 N–H and O–H groups in total. The Hall–Kier alpha value is -1.72. The van der Waals surface area contributed by atoms with Gasteiger partial charge in [0, 0.05) is 62.1 Å². The Labute approximate surface area is 156 Å². The quantitative estimate of drug-likeness (QED) is 0.850. The molecule has 3 fully saturated rings. The third-order valence-electron chi connectivity index (χ3n) is 6.67. The summed E-state index contributed by atoms with van der Waals surface area (Å²) in [5, 5.41) is 11.0. The first-order valence-corrected chi connectivity index (χ1v) is 10.3. The zero-order valence-corrected chi connectivity index (χ0v) is 15.6. The van der Waals surface area contributed by atoms with Gasteiger partial charge in [-0.05, 0) is 12.8 Å². The van der Waals surface area contributed by atoms with Crippen molar-refractivity contribution < 1.29 is 0 Å². The van der Waals surface area contributed by atoms with Crippen LogP contribution in [-0.4, -0.2) is 71.3 Å². The van der Waals surface area contributed by atoms with Crippen molar-refractivity contribution in [3.8, 4) is 0 Å². The normalized spacial score (nSPS) is 24.1. The number of nitrogens with zero attached hydrogens (tertiary/aromatic N) is 5. The average Bonchev–Trinajstić information content (AvgIpc) is 2.68. The van der Waals surface area contributed by atoms with Crippen LogP contribution >= 0.6 is 0 Å². The fourth-order valence-electron chi connectivity index (χ4n) is 5.02. The van der Waals surface area contributed by atoms with Crippen LogP contribution in [-0.2, 0) is 0 Å². The van der Waals surface area contributed by atoms with E-state index in [9.17, 15) is 0 Å². The van der Waals surface area contributed by atoms with E-state index in [4.69, 9.17) is 0 Å². The molecule has 0 radical (unpaired) electrons. The van der Waals surface area contributed by atoms with E-state index in [-0.39, 0.29) is 0 Å². The average molecular weight is 351 g/mol. The van der Waals surface area contributed by atoms with Crippen molar-refractivity contribution in [3.05, 3.63) is 30.5 Å². The van der Waals surface area contributed by atoms with E-state index >= 15 is 0 Å². The molecule has 1 aromatic carbocycles. The van der Waals surface area contributed by atoms with E-state index in [1.54, 1.807) is 0 Å². The van der Waals surface area contributed by atoms with E-state index in [0.717, 1.165) is 24.9 Å². The lowest BCUT2D eigenvalue weighted by Crippen LogP contribution is -2.64. The van der Waals surface area contributed by atoms with Crippen LogP contribution in [0.4, 0.5) is 5.82 Å². The van der Waals surface area contributed by atoms with Crippen LogP contribution in [0.15, 0.2) is 30.5 Å². The molecule has 3 heterocycles. The lowest BCUT2D eigenvalue weighted by Gasteiger charge is -2.49. The van der Waals surface area contributed by atoms with Gasteiger partial charge in [-0.25, -0.2) is 0 Å². The van der Waals surface area contributed by atoms with Gasteiger partial charge in [0.15, 0.2) is 5.82 Å². The van der Waals surface area contributed by atoms with Gasteiger partial charge in [-0.3, -0.25) is 9.80 Å². The molecule has 0 spiro atoms. The highest BCUT2D eigenvalue weighted by Gasteiger charge is 2.36. The number of anilines is 1. The largest absolute Gasteiger partial charge is 0.351 e. The van der Waals surface area contributed by atoms with E-state index in [1.807, 2.05) is 6.20 Å². The summed E-state index contributed by atoms with van der Waals surface area (Å²) in [5.41, 5.74) is 0. The van der Waals surface area contributed by atoms with Gasteiger partial charge in [0.05, 0.1) is 6.20 Å². The molecule has 0 bridgehead atoms. The van der Waals surface area contributed by atoms with Crippen molar-refractivity contribution in [1.82, 2.24) is 20.0 Å². The van der Waals surface area contributed by atoms with E-state index in [1.165, 1.54) is 69.1 Å². The Morgan fingerprint density at radius 2 is 1.50 bits per heavy atom. The highest BCUT2D eigenvalue weighted by molar-refractivity contribution is 5.91. The smallest absolute Gasteiger partial charge is 0.159 e. The summed E-state index contributed by atoms with van der Waals surface area (Å²) in [6.45, 7) is 7.16. The van der Waals surface area contributed by atoms with Crippen LogP contribution in [0.2, 0.25) is 0 Å². The highest BCUT2D eigenvalue weighted by atomic mass is 15.4. The third kappa shape index (κ3) is 3.08. The Morgan fingerprint density at radius 1 is 0.808 bits per heavy atom. The number of fused-ring (bicyclic) bond motifs is 1. The van der Waals surface area contributed by atoms with Gasteiger partial charge in [0.25, 0.3) is 0 Å². The molecule has 0 atom stereocenters. The minimum absolute atomic E-state index is 0.685. The van der Waals surface area contributed by atoms with Gasteiger partial charge in [-0.15, -0.1) is 5.10 Å². The summed E-state index contributed by atoms with van der Waals surface area (Å²) in [6.07, 6.45) is 9.04. The van der Waals surface area contributed by atoms with Gasteiger partial charge in [0.2, 0.25) is 0 Å². The number of hydrogen-bond donors (Lipinski definition) is 0. The minimum Gasteiger partial charge on any atom is -0.351 e. The molecule has 1 saturated carbocycles. The van der Waals surface area contributed by atoms with Crippen LogP contribution in [0.3, 0.4) is 0 Å². The maximum atomic E-state index is 4.43. The molecule has 0 unspecified atom stereocenters. The highest BCUT2D eigenvalue weighted by Crippen LogP contribution is 2.29. The summed E-state index contributed by atoms with van der Waals surface area (Å²) >= 11 is 0. The molecule has 3 aliphatic rings. The fraction of sp³-hybridized carbons (Fsp3) is 0.619. The van der Waals surface area contributed by atoms with E-state index in [2.05, 4.69) is 49.2 Å². The standard InChI is InChI=1S/C21H29N5/c1-2-7-18(8-3-1)24-10-12-25(13-11-24)19-15-26(16-19)21-20-9-5-4-6-17(20)14-22-23-21/h4-6,9,14,18-19H,1-3,7-8,10-13,15-16H2. The molecule has 1 aromatic heterocycles. The monoisotopic (exact) mass is 351 g/mol. The molecule has 2 aromatic rings. The molecule has 26 heavy (non-hydrogen) atoms. The zero-order valence-electron chi connectivity index (χ0n) is 15.6. The van der Waals surface area contributed by atoms with Crippen molar-refractivity contribution >= 4 is 16.6 Å². The van der Waals surface area contributed by atoms with Gasteiger partial charge < -0.3 is 4.90 Å². The molecule has 5 rings (SSSR count). The second-order valence-electron chi connectivity index (χ2n) is 8.18. The molecular weight excluding hydrogens is 322 g/mol. The Bertz CT molecular complexity index is 738. The number of aromatic nitrogens is 2. The van der Waals surface area contributed by atoms with Crippen molar-refractivity contribution in [3.63, 3.8) is 0 Å². The van der Waals surface area contributed by atoms with Gasteiger partial charge in [0.1, 0.15) is 0 Å². The topological polar surface area (TPSA) is 35.5 Å². The second kappa shape index (κ2) is 7.12. The number of piperazine rings is 1. The first-order valence-electron chi connectivity index (χ1n) is 10.3. The Balaban J connectivity index is 1.17. The molecule has 0 amide bonds. The Kier molecular flexibility index (Phi) is 4.51. The molecule has 138 valence electrons. The van der Waals surface area contributed by atoms with Crippen molar-refractivity contribution in [2.45, 2.75) is 44.2 Å². The summed E-state index contributed by atoms with van der Waals surface area (Å²) < 4.78 is 0. The fourth-order valence-corrected chi connectivity index (χ4v) is 5.02. The summed E-state index contributed by atoms with van der Waals surface area (Å²) in [4.78, 5) is 7.87. The van der Waals surface area contributed by atoms with Crippen LogP contribution < -0.4 is 4.90 Å². The predicted molar refractivity (Wildman–Crippen MR) is 106 cm³/mol. The van der Waals surface area contributed by atoms with Crippen LogP contribution in [0.25, 0.3) is 10.8 Å². The Morgan fingerprint density at radius 3 is 2.27 bits per heavy atom. The first-order chi connectivity index (χ1) is 12.9. The van der Waals surface area contributed by atoms with Gasteiger partial charge >= 0.3 is 0 Å². The third-order valence-corrected chi connectivity index (χ3v) is 6.67. The van der Waals surface area contributed by atoms with Gasteiger partial charge in [-0.1, -0.05) is 43.5 Å². The molecule has 2 aliphatic heterocycles. The summed E-state index contributed by atoms with van der Waals surface area (Å²) in [5.74, 6) is 1.06. The summed E-state index contributed by atoms with van der Waals surface area (Å²) in [6, 6.07) is 10.00. The lowest BCUT2D eigenvalue weighted by molar-refractivity contribution is 0.0487. The zero-order chi connectivity index (χ0) is 17.3. The number of benzene rings is 1. The number of rotatable bonds is 3. The second-order valence-corrected chi connectivity index (χ2v) is 8.18. The van der Waals surface area contributed by atoms with Crippen LogP contribution in [0, 0.1) is 0 Å². The number of hydrogen-bond acceptors (Lipinski definition) is 5. The van der Waals surface area contributed by atoms with Crippen molar-refractivity contribution in [2.75, 3.05) is 44.2 Å².